The first-order valence-corrected chi connectivity index (χ1v) is 6.41. The summed E-state index contributed by atoms with van der Waals surface area (Å²) in [5.74, 6) is 0.965. The molecule has 1 aliphatic rings. The van der Waals surface area contributed by atoms with E-state index in [0.29, 0.717) is 0 Å². The van der Waals surface area contributed by atoms with Gasteiger partial charge < -0.3 is 10.2 Å². The number of benzene rings is 1. The van der Waals surface area contributed by atoms with Crippen LogP contribution in [0, 0.1) is 0 Å². The average Bonchev–Trinajstić information content (AvgIpc) is 3.06. The lowest BCUT2D eigenvalue weighted by Gasteiger charge is -2.14. The highest BCUT2D eigenvalue weighted by Gasteiger charge is 2.11. The van der Waals surface area contributed by atoms with E-state index in [9.17, 15) is 0 Å². The number of guanidine groups is 1. The predicted molar refractivity (Wildman–Crippen MR) is 75.3 cm³/mol. The molecular formula is C14H17N5. The van der Waals surface area contributed by atoms with Crippen LogP contribution in [0.2, 0.25) is 0 Å². The predicted octanol–water partition coefficient (Wildman–Crippen LogP) is 1.26. The van der Waals surface area contributed by atoms with Crippen molar-refractivity contribution in [2.45, 2.75) is 6.54 Å². The third-order valence-electron chi connectivity index (χ3n) is 3.17. The van der Waals surface area contributed by atoms with E-state index in [1.165, 1.54) is 0 Å². The number of rotatable bonds is 3. The largest absolute Gasteiger partial charge is 0.352 e. The molecule has 0 saturated carbocycles. The first kappa shape index (κ1) is 11.8. The van der Waals surface area contributed by atoms with Crippen LogP contribution in [0.15, 0.2) is 47.7 Å². The van der Waals surface area contributed by atoms with Crippen molar-refractivity contribution >= 4 is 5.96 Å². The summed E-state index contributed by atoms with van der Waals surface area (Å²) in [6, 6.07) is 10.1. The van der Waals surface area contributed by atoms with Gasteiger partial charge in [0.1, 0.15) is 0 Å². The van der Waals surface area contributed by atoms with Gasteiger partial charge in [-0.3, -0.25) is 4.99 Å². The van der Waals surface area contributed by atoms with Gasteiger partial charge in [0.05, 0.1) is 18.4 Å². The van der Waals surface area contributed by atoms with E-state index in [4.69, 9.17) is 0 Å². The van der Waals surface area contributed by atoms with Gasteiger partial charge in [-0.05, 0) is 12.1 Å². The first-order chi connectivity index (χ1) is 9.33. The summed E-state index contributed by atoms with van der Waals surface area (Å²) >= 11 is 0. The van der Waals surface area contributed by atoms with Crippen LogP contribution >= 0.6 is 0 Å². The molecule has 0 atom stereocenters. The van der Waals surface area contributed by atoms with E-state index < -0.39 is 0 Å². The molecule has 0 radical (unpaired) electrons. The summed E-state index contributed by atoms with van der Waals surface area (Å²) < 4.78 is 1.89. The third-order valence-corrected chi connectivity index (χ3v) is 3.17. The van der Waals surface area contributed by atoms with Crippen molar-refractivity contribution in [2.24, 2.45) is 4.99 Å². The molecule has 0 bridgehead atoms. The summed E-state index contributed by atoms with van der Waals surface area (Å²) in [6.07, 6.45) is 3.92. The number of nitrogens with one attached hydrogen (secondary N) is 1. The highest BCUT2D eigenvalue weighted by Crippen LogP contribution is 2.07. The van der Waals surface area contributed by atoms with Crippen LogP contribution in [0.4, 0.5) is 0 Å². The standard InChI is InChI=1S/C14H17N5/c1-18-8-7-15-14(18)16-9-12-10-17-19(11-12)13-5-3-2-4-6-13/h2-6,10-11H,7-9H2,1H3,(H,15,16). The third kappa shape index (κ3) is 2.59. The van der Waals surface area contributed by atoms with E-state index in [2.05, 4.69) is 20.3 Å². The van der Waals surface area contributed by atoms with E-state index >= 15 is 0 Å². The minimum atomic E-state index is 0.746. The number of nitrogens with zero attached hydrogens (tertiary/aromatic N) is 4. The van der Waals surface area contributed by atoms with E-state index in [1.807, 2.05) is 54.5 Å². The summed E-state index contributed by atoms with van der Waals surface area (Å²) in [7, 11) is 2.05. The van der Waals surface area contributed by atoms with Crippen LogP contribution in [-0.2, 0) is 6.54 Å². The quantitative estimate of drug-likeness (QED) is 0.898. The fourth-order valence-corrected chi connectivity index (χ4v) is 2.08. The topological polar surface area (TPSA) is 45.4 Å². The molecule has 1 aromatic carbocycles. The Hall–Kier alpha value is -2.30. The lowest BCUT2D eigenvalue weighted by Crippen LogP contribution is -2.34. The monoisotopic (exact) mass is 255 g/mol. The maximum absolute atomic E-state index is 4.40. The normalized spacial score (nSPS) is 14.6. The minimum absolute atomic E-state index is 0.746. The van der Waals surface area contributed by atoms with Crippen molar-refractivity contribution in [1.29, 1.82) is 0 Å². The molecular weight excluding hydrogens is 238 g/mol. The van der Waals surface area contributed by atoms with Gasteiger partial charge in [0.25, 0.3) is 0 Å². The fraction of sp³-hybridized carbons (Fsp3) is 0.286. The first-order valence-electron chi connectivity index (χ1n) is 6.41. The van der Waals surface area contributed by atoms with E-state index in [-0.39, 0.29) is 0 Å². The minimum Gasteiger partial charge on any atom is -0.352 e. The second-order valence-corrected chi connectivity index (χ2v) is 4.61. The van der Waals surface area contributed by atoms with Gasteiger partial charge in [-0.15, -0.1) is 0 Å². The zero-order valence-electron chi connectivity index (χ0n) is 11.0. The van der Waals surface area contributed by atoms with Crippen LogP contribution in [0.1, 0.15) is 5.56 Å². The lowest BCUT2D eigenvalue weighted by molar-refractivity contribution is 0.534. The lowest BCUT2D eigenvalue weighted by atomic mass is 10.3. The molecule has 19 heavy (non-hydrogen) atoms. The van der Waals surface area contributed by atoms with Gasteiger partial charge in [0.2, 0.25) is 0 Å². The Morgan fingerprint density at radius 1 is 1.26 bits per heavy atom. The van der Waals surface area contributed by atoms with Gasteiger partial charge >= 0.3 is 0 Å². The molecule has 3 rings (SSSR count). The molecule has 0 fully saturated rings. The van der Waals surface area contributed by atoms with Gasteiger partial charge in [-0.1, -0.05) is 18.2 Å². The van der Waals surface area contributed by atoms with Crippen molar-refractivity contribution in [2.75, 3.05) is 20.1 Å². The van der Waals surface area contributed by atoms with Crippen LogP contribution in [0.25, 0.3) is 5.69 Å². The number of hydrogen-bond acceptors (Lipinski definition) is 4. The number of para-hydroxylation sites is 1. The maximum atomic E-state index is 4.40. The van der Waals surface area contributed by atoms with Crippen LogP contribution in [0.3, 0.4) is 0 Å². The van der Waals surface area contributed by atoms with Gasteiger partial charge in [-0.2, -0.15) is 5.10 Å². The van der Waals surface area contributed by atoms with Crippen molar-refractivity contribution in [3.63, 3.8) is 0 Å². The second-order valence-electron chi connectivity index (χ2n) is 4.61. The van der Waals surface area contributed by atoms with Crippen molar-refractivity contribution in [1.82, 2.24) is 20.0 Å². The average molecular weight is 255 g/mol. The van der Waals surface area contributed by atoms with E-state index in [1.54, 1.807) is 0 Å². The van der Waals surface area contributed by atoms with E-state index in [0.717, 1.165) is 36.8 Å². The highest BCUT2D eigenvalue weighted by molar-refractivity contribution is 5.81. The molecule has 0 saturated heterocycles. The summed E-state index contributed by atoms with van der Waals surface area (Å²) in [6.45, 7) is 2.61. The summed E-state index contributed by atoms with van der Waals surface area (Å²) in [4.78, 5) is 6.53. The molecule has 2 heterocycles. The molecule has 0 amide bonds. The van der Waals surface area contributed by atoms with Crippen molar-refractivity contribution in [3.8, 4) is 5.69 Å². The maximum Gasteiger partial charge on any atom is 0.194 e. The van der Waals surface area contributed by atoms with Crippen molar-refractivity contribution < 1.29 is 0 Å². The fourth-order valence-electron chi connectivity index (χ4n) is 2.08. The molecule has 0 aliphatic carbocycles. The number of aliphatic imine (C=N–C) groups is 1. The molecule has 5 heteroatoms. The SMILES string of the molecule is CN1CCN=C1NCc1cnn(-c2ccccc2)c1. The molecule has 5 nitrogen and oxygen atoms in total. The Morgan fingerprint density at radius 2 is 2.11 bits per heavy atom. The van der Waals surface area contributed by atoms with Crippen LogP contribution < -0.4 is 5.32 Å². The molecule has 0 unspecified atom stereocenters. The molecule has 1 aliphatic heterocycles. The zero-order chi connectivity index (χ0) is 13.1. The molecule has 1 N–H and O–H groups in total. The van der Waals surface area contributed by atoms with Crippen molar-refractivity contribution in [3.05, 3.63) is 48.3 Å². The number of likely N-dealkylation sites (N-methyl/N-ethyl adjacent to an activating group) is 1. The number of aromatic nitrogens is 2. The molecule has 0 spiro atoms. The smallest absolute Gasteiger partial charge is 0.194 e. The summed E-state index contributed by atoms with van der Waals surface area (Å²) in [5, 5.41) is 7.71. The zero-order valence-corrected chi connectivity index (χ0v) is 11.0. The van der Waals surface area contributed by atoms with Crippen LogP contribution in [0.5, 0.6) is 0 Å². The Labute approximate surface area is 112 Å². The second kappa shape index (κ2) is 5.14. The van der Waals surface area contributed by atoms with Gasteiger partial charge in [0, 0.05) is 31.9 Å². The molecule has 98 valence electrons. The summed E-state index contributed by atoms with van der Waals surface area (Å²) in [5.41, 5.74) is 2.22. The molecule has 1 aromatic heterocycles. The Kier molecular flexibility index (Phi) is 3.18. The Balaban J connectivity index is 1.66. The van der Waals surface area contributed by atoms with Gasteiger partial charge in [0.15, 0.2) is 5.96 Å². The Bertz CT molecular complexity index is 573. The van der Waals surface area contributed by atoms with Gasteiger partial charge in [-0.25, -0.2) is 4.68 Å². The highest BCUT2D eigenvalue weighted by atomic mass is 15.3. The van der Waals surface area contributed by atoms with Crippen LogP contribution in [-0.4, -0.2) is 40.8 Å². The number of hydrogen-bond donors (Lipinski definition) is 1. The Morgan fingerprint density at radius 3 is 2.84 bits per heavy atom. The molecule has 2 aromatic rings.